The molecule has 0 bridgehead atoms. The average Bonchev–Trinajstić information content (AvgIpc) is 2.62. The summed E-state index contributed by atoms with van der Waals surface area (Å²) in [7, 11) is 0. The molecular weight excluding hydrogens is 338 g/mol. The number of hydrogen-bond donors (Lipinski definition) is 3. The van der Waals surface area contributed by atoms with Gasteiger partial charge in [0.25, 0.3) is 0 Å². The van der Waals surface area contributed by atoms with E-state index in [1.54, 1.807) is 0 Å². The lowest BCUT2D eigenvalue weighted by Gasteiger charge is -2.35. The molecule has 4 N–H and O–H groups in total. The maximum Gasteiger partial charge on any atom is 0.239 e. The minimum absolute atomic E-state index is 0. The van der Waals surface area contributed by atoms with Gasteiger partial charge in [-0.15, -0.1) is 12.4 Å². The summed E-state index contributed by atoms with van der Waals surface area (Å²) in [5.41, 5.74) is 7.03. The summed E-state index contributed by atoms with van der Waals surface area (Å²) < 4.78 is 0. The fraction of sp³-hybridized carbons (Fsp3) is 0.579. The zero-order valence-electron chi connectivity index (χ0n) is 14.8. The molecule has 1 aliphatic rings. The van der Waals surface area contributed by atoms with Gasteiger partial charge < -0.3 is 16.4 Å². The highest BCUT2D eigenvalue weighted by Crippen LogP contribution is 2.38. The average molecular weight is 368 g/mol. The number of nitrogens with one attached hydrogen (secondary N) is 2. The van der Waals surface area contributed by atoms with Gasteiger partial charge in [-0.05, 0) is 36.8 Å². The highest BCUT2D eigenvalue weighted by molar-refractivity contribution is 5.85. The summed E-state index contributed by atoms with van der Waals surface area (Å²) in [5.74, 6) is -0.217. The second-order valence-corrected chi connectivity index (χ2v) is 6.80. The van der Waals surface area contributed by atoms with E-state index in [-0.39, 0.29) is 36.2 Å². The van der Waals surface area contributed by atoms with Crippen molar-refractivity contribution in [1.29, 1.82) is 0 Å². The minimum Gasteiger partial charge on any atom is -0.354 e. The van der Waals surface area contributed by atoms with Crippen molar-refractivity contribution in [2.45, 2.75) is 44.9 Å². The lowest BCUT2D eigenvalue weighted by molar-refractivity contribution is -0.127. The van der Waals surface area contributed by atoms with Crippen molar-refractivity contribution in [2.75, 3.05) is 19.6 Å². The van der Waals surface area contributed by atoms with E-state index < -0.39 is 0 Å². The Morgan fingerprint density at radius 3 is 2.32 bits per heavy atom. The third kappa shape index (κ3) is 7.45. The van der Waals surface area contributed by atoms with Crippen LogP contribution >= 0.6 is 12.4 Å². The fourth-order valence-electron chi connectivity index (χ4n) is 3.39. The summed E-state index contributed by atoms with van der Waals surface area (Å²) in [6.07, 6.45) is 6.76. The summed E-state index contributed by atoms with van der Waals surface area (Å²) in [4.78, 5) is 24.0. The predicted octanol–water partition coefficient (Wildman–Crippen LogP) is 2.18. The van der Waals surface area contributed by atoms with Crippen LogP contribution in [0.1, 0.15) is 44.1 Å². The first-order valence-corrected chi connectivity index (χ1v) is 8.91. The first-order chi connectivity index (χ1) is 11.6. The van der Waals surface area contributed by atoms with Crippen LogP contribution in [-0.2, 0) is 16.0 Å². The van der Waals surface area contributed by atoms with Crippen molar-refractivity contribution in [3.63, 3.8) is 0 Å². The number of carbonyl (C=O) groups is 2. The number of amides is 2. The molecule has 2 amide bonds. The Hall–Kier alpha value is -1.59. The van der Waals surface area contributed by atoms with Gasteiger partial charge in [-0.3, -0.25) is 9.59 Å². The number of nitrogens with two attached hydrogens (primary N) is 1. The Labute approximate surface area is 156 Å². The Balaban J connectivity index is 0.00000312. The summed E-state index contributed by atoms with van der Waals surface area (Å²) in [6, 6.07) is 10.00. The molecule has 6 heteroatoms. The summed E-state index contributed by atoms with van der Waals surface area (Å²) in [6.45, 7) is 1.16. The Kier molecular flexibility index (Phi) is 9.53. The second-order valence-electron chi connectivity index (χ2n) is 6.80. The SMILES string of the molecule is Cl.NCC1(CC(=O)NCC(=O)NCCc2ccccc2)CCCCC1. The van der Waals surface area contributed by atoms with E-state index >= 15 is 0 Å². The molecule has 1 aromatic rings. The normalized spacial score (nSPS) is 15.7. The van der Waals surface area contributed by atoms with Gasteiger partial charge in [-0.1, -0.05) is 49.6 Å². The predicted molar refractivity (Wildman–Crippen MR) is 103 cm³/mol. The van der Waals surface area contributed by atoms with Crippen LogP contribution in [0, 0.1) is 5.41 Å². The molecule has 0 spiro atoms. The van der Waals surface area contributed by atoms with Crippen molar-refractivity contribution in [2.24, 2.45) is 11.1 Å². The van der Waals surface area contributed by atoms with Gasteiger partial charge in [0.05, 0.1) is 6.54 Å². The molecule has 140 valence electrons. The van der Waals surface area contributed by atoms with E-state index in [4.69, 9.17) is 5.73 Å². The number of halogens is 1. The minimum atomic E-state index is -0.148. The molecule has 1 fully saturated rings. The number of rotatable bonds is 8. The third-order valence-corrected chi connectivity index (χ3v) is 4.91. The van der Waals surface area contributed by atoms with Crippen molar-refractivity contribution >= 4 is 24.2 Å². The van der Waals surface area contributed by atoms with Crippen LogP contribution in [-0.4, -0.2) is 31.4 Å². The zero-order valence-corrected chi connectivity index (χ0v) is 15.6. The highest BCUT2D eigenvalue weighted by atomic mass is 35.5. The van der Waals surface area contributed by atoms with Gasteiger partial charge >= 0.3 is 0 Å². The van der Waals surface area contributed by atoms with Crippen molar-refractivity contribution in [3.8, 4) is 0 Å². The van der Waals surface area contributed by atoms with E-state index in [1.807, 2.05) is 30.3 Å². The van der Waals surface area contributed by atoms with Gasteiger partial charge in [0.2, 0.25) is 11.8 Å². The molecule has 0 aromatic heterocycles. The highest BCUT2D eigenvalue weighted by Gasteiger charge is 2.32. The van der Waals surface area contributed by atoms with Crippen LogP contribution in [0.3, 0.4) is 0 Å². The second kappa shape index (κ2) is 11.1. The standard InChI is InChI=1S/C19H29N3O2.ClH/c20-15-19(10-5-2-6-11-19)13-17(23)22-14-18(24)21-12-9-16-7-3-1-4-8-16;/h1,3-4,7-8H,2,5-6,9-15,20H2,(H,21,24)(H,22,23);1H. The van der Waals surface area contributed by atoms with Crippen LogP contribution < -0.4 is 16.4 Å². The number of carbonyl (C=O) groups excluding carboxylic acids is 2. The Bertz CT molecular complexity index is 531. The zero-order chi connectivity index (χ0) is 17.3. The molecule has 0 saturated heterocycles. The molecule has 5 nitrogen and oxygen atoms in total. The maximum atomic E-state index is 12.1. The van der Waals surface area contributed by atoms with E-state index in [0.29, 0.717) is 19.5 Å². The van der Waals surface area contributed by atoms with E-state index in [1.165, 1.54) is 12.0 Å². The molecule has 0 unspecified atom stereocenters. The lowest BCUT2D eigenvalue weighted by Crippen LogP contribution is -2.42. The van der Waals surface area contributed by atoms with E-state index in [2.05, 4.69) is 10.6 Å². The van der Waals surface area contributed by atoms with Crippen LogP contribution in [0.4, 0.5) is 0 Å². The molecule has 0 aliphatic heterocycles. The van der Waals surface area contributed by atoms with Gasteiger partial charge in [0.15, 0.2) is 0 Å². The fourth-order valence-corrected chi connectivity index (χ4v) is 3.39. The van der Waals surface area contributed by atoms with Crippen LogP contribution in [0.15, 0.2) is 30.3 Å². The quantitative estimate of drug-likeness (QED) is 0.658. The van der Waals surface area contributed by atoms with Gasteiger partial charge in [-0.25, -0.2) is 0 Å². The number of benzene rings is 1. The van der Waals surface area contributed by atoms with E-state index in [9.17, 15) is 9.59 Å². The molecule has 2 rings (SSSR count). The molecule has 1 saturated carbocycles. The Morgan fingerprint density at radius 1 is 1.00 bits per heavy atom. The molecule has 0 radical (unpaired) electrons. The van der Waals surface area contributed by atoms with E-state index in [0.717, 1.165) is 32.1 Å². The molecule has 25 heavy (non-hydrogen) atoms. The van der Waals surface area contributed by atoms with Gasteiger partial charge in [0.1, 0.15) is 0 Å². The largest absolute Gasteiger partial charge is 0.354 e. The third-order valence-electron chi connectivity index (χ3n) is 4.91. The summed E-state index contributed by atoms with van der Waals surface area (Å²) in [5, 5.41) is 5.57. The van der Waals surface area contributed by atoms with Crippen molar-refractivity contribution in [3.05, 3.63) is 35.9 Å². The topological polar surface area (TPSA) is 84.2 Å². The molecule has 1 aliphatic carbocycles. The smallest absolute Gasteiger partial charge is 0.239 e. The first kappa shape index (κ1) is 21.5. The van der Waals surface area contributed by atoms with Gasteiger partial charge in [-0.2, -0.15) is 0 Å². The molecular formula is C19H30ClN3O2. The molecule has 0 atom stereocenters. The molecule has 1 aromatic carbocycles. The van der Waals surface area contributed by atoms with Gasteiger partial charge in [0, 0.05) is 13.0 Å². The van der Waals surface area contributed by atoms with Crippen molar-refractivity contribution in [1.82, 2.24) is 10.6 Å². The van der Waals surface area contributed by atoms with Crippen molar-refractivity contribution < 1.29 is 9.59 Å². The monoisotopic (exact) mass is 367 g/mol. The molecule has 0 heterocycles. The first-order valence-electron chi connectivity index (χ1n) is 8.91. The lowest BCUT2D eigenvalue weighted by atomic mass is 9.71. The number of hydrogen-bond acceptors (Lipinski definition) is 3. The van der Waals surface area contributed by atoms with Crippen LogP contribution in [0.2, 0.25) is 0 Å². The maximum absolute atomic E-state index is 12.1. The summed E-state index contributed by atoms with van der Waals surface area (Å²) >= 11 is 0. The Morgan fingerprint density at radius 2 is 1.68 bits per heavy atom. The van der Waals surface area contributed by atoms with Crippen LogP contribution in [0.25, 0.3) is 0 Å². The van der Waals surface area contributed by atoms with Crippen LogP contribution in [0.5, 0.6) is 0 Å².